The number of hydrogen-bond donors (Lipinski definition) is 2. The van der Waals surface area contributed by atoms with E-state index in [-0.39, 0.29) is 0 Å². The number of halogens is 1. The molecule has 2 N–H and O–H groups in total. The molecular weight excluding hydrogens is 290 g/mol. The minimum atomic E-state index is -1.12. The van der Waals surface area contributed by atoms with Crippen molar-refractivity contribution in [2.24, 2.45) is 0 Å². The van der Waals surface area contributed by atoms with Gasteiger partial charge in [-0.2, -0.15) is 0 Å². The molecule has 0 bridgehead atoms. The van der Waals surface area contributed by atoms with E-state index in [1.165, 1.54) is 6.07 Å². The lowest BCUT2D eigenvalue weighted by molar-refractivity contribution is -0.139. The van der Waals surface area contributed by atoms with Gasteiger partial charge in [-0.15, -0.1) is 0 Å². The van der Waals surface area contributed by atoms with E-state index in [1.807, 2.05) is 0 Å². The molecule has 2 aromatic rings. The van der Waals surface area contributed by atoms with E-state index >= 15 is 0 Å². The number of rotatable bonds is 4. The smallest absolute Gasteiger partial charge is 0.330 e. The first-order chi connectivity index (χ1) is 9.99. The van der Waals surface area contributed by atoms with Gasteiger partial charge in [0, 0.05) is 10.6 Å². The van der Waals surface area contributed by atoms with E-state index in [4.69, 9.17) is 11.6 Å². The summed E-state index contributed by atoms with van der Waals surface area (Å²) in [4.78, 5) is 23.7. The van der Waals surface area contributed by atoms with Crippen LogP contribution in [0.25, 0.3) is 0 Å². The van der Waals surface area contributed by atoms with Gasteiger partial charge in [-0.1, -0.05) is 48.0 Å². The third-order valence-electron chi connectivity index (χ3n) is 3.10. The molecule has 108 valence electrons. The Morgan fingerprint density at radius 2 is 1.81 bits per heavy atom. The number of amides is 1. The Balaban J connectivity index is 2.27. The summed E-state index contributed by atoms with van der Waals surface area (Å²) in [6.07, 6.45) is 0. The highest BCUT2D eigenvalue weighted by molar-refractivity contribution is 6.31. The molecule has 2 rings (SSSR count). The van der Waals surface area contributed by atoms with E-state index < -0.39 is 17.9 Å². The van der Waals surface area contributed by atoms with Crippen LogP contribution >= 0.6 is 11.6 Å². The Morgan fingerprint density at radius 1 is 1.14 bits per heavy atom. The summed E-state index contributed by atoms with van der Waals surface area (Å²) in [5.74, 6) is -1.58. The molecule has 2 aromatic carbocycles. The number of aliphatic carboxylic acids is 1. The number of benzene rings is 2. The maximum Gasteiger partial charge on any atom is 0.330 e. The van der Waals surface area contributed by atoms with Crippen LogP contribution in [0.4, 0.5) is 0 Å². The van der Waals surface area contributed by atoms with Gasteiger partial charge < -0.3 is 10.4 Å². The predicted octanol–water partition coefficient (Wildman–Crippen LogP) is 3.20. The monoisotopic (exact) mass is 303 g/mol. The predicted molar refractivity (Wildman–Crippen MR) is 80.5 cm³/mol. The third-order valence-corrected chi connectivity index (χ3v) is 3.33. The summed E-state index contributed by atoms with van der Waals surface area (Å²) in [5.41, 5.74) is 1.61. The summed E-state index contributed by atoms with van der Waals surface area (Å²) in [6.45, 7) is 1.77. The van der Waals surface area contributed by atoms with Gasteiger partial charge in [-0.05, 0) is 30.2 Å². The van der Waals surface area contributed by atoms with Gasteiger partial charge in [0.1, 0.15) is 0 Å². The van der Waals surface area contributed by atoms with Gasteiger partial charge in [0.25, 0.3) is 5.91 Å². The summed E-state index contributed by atoms with van der Waals surface area (Å²) in [5, 5.41) is 12.3. The van der Waals surface area contributed by atoms with Crippen LogP contribution in [0.3, 0.4) is 0 Å². The van der Waals surface area contributed by atoms with Crippen LogP contribution in [-0.2, 0) is 4.79 Å². The van der Waals surface area contributed by atoms with E-state index in [2.05, 4.69) is 5.32 Å². The van der Waals surface area contributed by atoms with E-state index in [1.54, 1.807) is 49.4 Å². The quantitative estimate of drug-likeness (QED) is 0.911. The lowest BCUT2D eigenvalue weighted by atomic mass is 10.0. The van der Waals surface area contributed by atoms with Crippen molar-refractivity contribution in [1.29, 1.82) is 0 Å². The van der Waals surface area contributed by atoms with E-state index in [0.29, 0.717) is 16.1 Å². The highest BCUT2D eigenvalue weighted by atomic mass is 35.5. The lowest BCUT2D eigenvalue weighted by Gasteiger charge is -2.16. The zero-order valence-electron chi connectivity index (χ0n) is 11.3. The molecule has 0 aliphatic rings. The molecule has 1 amide bonds. The van der Waals surface area contributed by atoms with Crippen molar-refractivity contribution in [1.82, 2.24) is 5.32 Å². The zero-order chi connectivity index (χ0) is 15.4. The molecule has 0 spiro atoms. The van der Waals surface area contributed by atoms with Gasteiger partial charge in [0.15, 0.2) is 6.04 Å². The van der Waals surface area contributed by atoms with Gasteiger partial charge in [-0.3, -0.25) is 4.79 Å². The van der Waals surface area contributed by atoms with Crippen molar-refractivity contribution in [2.75, 3.05) is 0 Å². The zero-order valence-corrected chi connectivity index (χ0v) is 12.1. The average molecular weight is 304 g/mol. The fraction of sp³-hybridized carbons (Fsp3) is 0.125. The lowest BCUT2D eigenvalue weighted by Crippen LogP contribution is -2.34. The van der Waals surface area contributed by atoms with Crippen molar-refractivity contribution in [3.8, 4) is 0 Å². The second kappa shape index (κ2) is 6.41. The van der Waals surface area contributed by atoms with E-state index in [9.17, 15) is 14.7 Å². The highest BCUT2D eigenvalue weighted by Crippen LogP contribution is 2.18. The summed E-state index contributed by atoms with van der Waals surface area (Å²) in [6, 6.07) is 12.4. The second-order valence-corrected chi connectivity index (χ2v) is 5.05. The van der Waals surface area contributed by atoms with Crippen LogP contribution < -0.4 is 5.32 Å². The molecule has 0 saturated heterocycles. The normalized spacial score (nSPS) is 11.7. The Morgan fingerprint density at radius 3 is 2.43 bits per heavy atom. The fourth-order valence-corrected chi connectivity index (χ4v) is 2.15. The van der Waals surface area contributed by atoms with Gasteiger partial charge in [0.2, 0.25) is 0 Å². The molecule has 21 heavy (non-hydrogen) atoms. The second-order valence-electron chi connectivity index (χ2n) is 4.61. The Hall–Kier alpha value is -2.33. The number of carbonyl (C=O) groups is 2. The van der Waals surface area contributed by atoms with Crippen LogP contribution in [0, 0.1) is 6.92 Å². The molecule has 0 aromatic heterocycles. The van der Waals surface area contributed by atoms with Crippen molar-refractivity contribution in [2.45, 2.75) is 13.0 Å². The Kier molecular flexibility index (Phi) is 4.60. The molecule has 0 radical (unpaired) electrons. The molecule has 0 heterocycles. The molecule has 1 atom stereocenters. The maximum atomic E-state index is 12.3. The SMILES string of the molecule is Cc1ccc(Cl)cc1C(=O)N[C@@H](C(=O)O)c1ccccc1. The van der Waals surface area contributed by atoms with E-state index in [0.717, 1.165) is 5.56 Å². The molecule has 0 aliphatic heterocycles. The van der Waals surface area contributed by atoms with Crippen LogP contribution in [0.5, 0.6) is 0 Å². The van der Waals surface area contributed by atoms with Gasteiger partial charge >= 0.3 is 5.97 Å². The number of carboxylic acids is 1. The van der Waals surface area contributed by atoms with Crippen LogP contribution in [-0.4, -0.2) is 17.0 Å². The van der Waals surface area contributed by atoms with Crippen molar-refractivity contribution in [3.05, 3.63) is 70.2 Å². The highest BCUT2D eigenvalue weighted by Gasteiger charge is 2.23. The molecule has 4 nitrogen and oxygen atoms in total. The number of nitrogens with one attached hydrogen (secondary N) is 1. The summed E-state index contributed by atoms with van der Waals surface area (Å²) < 4.78 is 0. The van der Waals surface area contributed by atoms with Crippen LogP contribution in [0.2, 0.25) is 5.02 Å². The van der Waals surface area contributed by atoms with Crippen molar-refractivity contribution in [3.63, 3.8) is 0 Å². The molecule has 0 aliphatic carbocycles. The van der Waals surface area contributed by atoms with Crippen LogP contribution in [0.1, 0.15) is 27.5 Å². The topological polar surface area (TPSA) is 66.4 Å². The number of hydrogen-bond acceptors (Lipinski definition) is 2. The van der Waals surface area contributed by atoms with Crippen molar-refractivity contribution < 1.29 is 14.7 Å². The van der Waals surface area contributed by atoms with Crippen LogP contribution in [0.15, 0.2) is 48.5 Å². The minimum Gasteiger partial charge on any atom is -0.479 e. The molecular formula is C16H14ClNO3. The first-order valence-electron chi connectivity index (χ1n) is 6.34. The third kappa shape index (κ3) is 3.61. The largest absolute Gasteiger partial charge is 0.479 e. The minimum absolute atomic E-state index is 0.365. The van der Waals surface area contributed by atoms with Crippen molar-refractivity contribution >= 4 is 23.5 Å². The number of aryl methyl sites for hydroxylation is 1. The first kappa shape index (κ1) is 15.1. The molecule has 0 unspecified atom stereocenters. The molecule has 5 heteroatoms. The number of carboxylic acid groups (broad SMARTS) is 1. The Bertz CT molecular complexity index is 670. The number of carbonyl (C=O) groups excluding carboxylic acids is 1. The fourth-order valence-electron chi connectivity index (χ4n) is 1.98. The maximum absolute atomic E-state index is 12.3. The van der Waals surface area contributed by atoms with Gasteiger partial charge in [0.05, 0.1) is 0 Å². The average Bonchev–Trinajstić information content (AvgIpc) is 2.47. The molecule has 0 fully saturated rings. The molecule has 0 saturated carbocycles. The first-order valence-corrected chi connectivity index (χ1v) is 6.71. The Labute approximate surface area is 127 Å². The summed E-state index contributed by atoms with van der Waals surface area (Å²) in [7, 11) is 0. The van der Waals surface area contributed by atoms with Gasteiger partial charge in [-0.25, -0.2) is 4.79 Å². The standard InChI is InChI=1S/C16H14ClNO3/c1-10-7-8-12(17)9-13(10)15(19)18-14(16(20)21)11-5-3-2-4-6-11/h2-9,14H,1H3,(H,18,19)(H,20,21)/t14-/m1/s1. The summed E-state index contributed by atoms with van der Waals surface area (Å²) >= 11 is 5.88.